The van der Waals surface area contributed by atoms with Crippen molar-refractivity contribution in [3.63, 3.8) is 0 Å². The maximum atomic E-state index is 13.3. The number of carbonyl (C=O) groups is 2. The summed E-state index contributed by atoms with van der Waals surface area (Å²) in [6.07, 6.45) is 2.15. The second-order valence-corrected chi connectivity index (χ2v) is 9.96. The van der Waals surface area contributed by atoms with E-state index in [1.165, 1.54) is 10.6 Å². The van der Waals surface area contributed by atoms with Crippen LogP contribution in [-0.2, 0) is 26.2 Å². The van der Waals surface area contributed by atoms with E-state index in [1.54, 1.807) is 17.0 Å². The molecule has 0 saturated carbocycles. The van der Waals surface area contributed by atoms with E-state index < -0.39 is 16.1 Å². The fraction of sp³-hybridized carbons (Fsp3) is 0.440. The van der Waals surface area contributed by atoms with Crippen LogP contribution in [0.3, 0.4) is 0 Å². The van der Waals surface area contributed by atoms with Gasteiger partial charge >= 0.3 is 0 Å². The van der Waals surface area contributed by atoms with Crippen molar-refractivity contribution in [2.24, 2.45) is 0 Å². The van der Waals surface area contributed by atoms with Crippen molar-refractivity contribution in [1.82, 2.24) is 10.2 Å². The minimum atomic E-state index is -3.50. The van der Waals surface area contributed by atoms with Crippen LogP contribution in [0, 0.1) is 6.92 Å². The summed E-state index contributed by atoms with van der Waals surface area (Å²) in [7, 11) is -3.50. The Labute approximate surface area is 197 Å². The third kappa shape index (κ3) is 7.60. The predicted octanol–water partition coefficient (Wildman–Crippen LogP) is 3.48. The van der Waals surface area contributed by atoms with E-state index in [2.05, 4.69) is 5.32 Å². The van der Waals surface area contributed by atoms with Crippen LogP contribution in [0.5, 0.6) is 0 Å². The molecule has 0 spiro atoms. The summed E-state index contributed by atoms with van der Waals surface area (Å²) in [6.45, 7) is 6.59. The lowest BCUT2D eigenvalue weighted by atomic mass is 10.1. The summed E-state index contributed by atoms with van der Waals surface area (Å²) in [5.74, 6) is -0.350. The van der Waals surface area contributed by atoms with Crippen molar-refractivity contribution in [3.05, 3.63) is 65.7 Å². The lowest BCUT2D eigenvalue weighted by molar-refractivity contribution is -0.141. The Bertz CT molecular complexity index is 1020. The first-order chi connectivity index (χ1) is 15.7. The summed E-state index contributed by atoms with van der Waals surface area (Å²) < 4.78 is 26.2. The van der Waals surface area contributed by atoms with Gasteiger partial charge in [-0.1, -0.05) is 55.5 Å². The number of carbonyl (C=O) groups excluding carboxylic acids is 2. The zero-order valence-corrected chi connectivity index (χ0v) is 20.8. The molecule has 2 rings (SSSR count). The van der Waals surface area contributed by atoms with Gasteiger partial charge < -0.3 is 10.2 Å². The van der Waals surface area contributed by atoms with Gasteiger partial charge in [-0.25, -0.2) is 8.42 Å². The van der Waals surface area contributed by atoms with E-state index in [4.69, 9.17) is 0 Å². The molecule has 0 aromatic heterocycles. The molecule has 2 amide bonds. The second kappa shape index (κ2) is 12.4. The number of para-hydroxylation sites is 1. The molecule has 0 fully saturated rings. The Morgan fingerprint density at radius 3 is 2.21 bits per heavy atom. The maximum absolute atomic E-state index is 13.3. The number of nitrogens with one attached hydrogen (secondary N) is 1. The van der Waals surface area contributed by atoms with Gasteiger partial charge in [-0.3, -0.25) is 13.9 Å². The summed E-state index contributed by atoms with van der Waals surface area (Å²) in [5.41, 5.74) is 2.40. The average molecular weight is 474 g/mol. The van der Waals surface area contributed by atoms with Crippen molar-refractivity contribution < 1.29 is 18.0 Å². The van der Waals surface area contributed by atoms with Gasteiger partial charge in [0.1, 0.15) is 6.04 Å². The molecule has 1 unspecified atom stereocenters. The van der Waals surface area contributed by atoms with E-state index in [0.717, 1.165) is 11.1 Å². The largest absolute Gasteiger partial charge is 0.355 e. The first kappa shape index (κ1) is 26.4. The smallest absolute Gasteiger partial charge is 0.242 e. The highest BCUT2D eigenvalue weighted by atomic mass is 32.2. The molecule has 8 heteroatoms. The molecule has 33 heavy (non-hydrogen) atoms. The van der Waals surface area contributed by atoms with Gasteiger partial charge in [0.25, 0.3) is 0 Å². The van der Waals surface area contributed by atoms with Gasteiger partial charge in [0.05, 0.1) is 11.9 Å². The monoisotopic (exact) mass is 473 g/mol. The topological polar surface area (TPSA) is 86.8 Å². The molecular formula is C25H35N3O4S. The Kier molecular flexibility index (Phi) is 9.91. The summed E-state index contributed by atoms with van der Waals surface area (Å²) in [4.78, 5) is 27.5. The lowest BCUT2D eigenvalue weighted by Gasteiger charge is -2.31. The minimum absolute atomic E-state index is 0.140. The van der Waals surface area contributed by atoms with Crippen LogP contribution in [0.2, 0.25) is 0 Å². The maximum Gasteiger partial charge on any atom is 0.242 e. The molecule has 7 nitrogen and oxygen atoms in total. The van der Waals surface area contributed by atoms with Crippen molar-refractivity contribution in [1.29, 1.82) is 0 Å². The molecule has 1 atom stereocenters. The Balaban J connectivity index is 2.18. The van der Waals surface area contributed by atoms with Gasteiger partial charge in [-0.2, -0.15) is 0 Å². The number of hydrogen-bond donors (Lipinski definition) is 1. The highest BCUT2D eigenvalue weighted by Crippen LogP contribution is 2.23. The molecule has 0 heterocycles. The van der Waals surface area contributed by atoms with Gasteiger partial charge in [-0.05, 0) is 43.9 Å². The number of hydrogen-bond acceptors (Lipinski definition) is 4. The Morgan fingerprint density at radius 1 is 1.00 bits per heavy atom. The quantitative estimate of drug-likeness (QED) is 0.511. The molecule has 180 valence electrons. The number of aryl methyl sites for hydroxylation is 1. The summed E-state index contributed by atoms with van der Waals surface area (Å²) in [5, 5.41) is 2.82. The molecule has 0 aliphatic carbocycles. The molecular weight excluding hydrogens is 438 g/mol. The number of likely N-dealkylation sites (N-methyl/N-ethyl adjacent to an activating group) is 1. The van der Waals surface area contributed by atoms with Gasteiger partial charge in [-0.15, -0.1) is 0 Å². The first-order valence-corrected chi connectivity index (χ1v) is 13.2. The molecule has 0 radical (unpaired) electrons. The fourth-order valence-corrected chi connectivity index (χ4v) is 4.84. The summed E-state index contributed by atoms with van der Waals surface area (Å²) >= 11 is 0. The molecule has 0 aliphatic rings. The first-order valence-electron chi connectivity index (χ1n) is 11.3. The molecule has 1 N–H and O–H groups in total. The van der Waals surface area contributed by atoms with Gasteiger partial charge in [0.15, 0.2) is 0 Å². The Morgan fingerprint density at radius 2 is 1.64 bits per heavy atom. The van der Waals surface area contributed by atoms with E-state index in [-0.39, 0.29) is 24.8 Å². The highest BCUT2D eigenvalue weighted by Gasteiger charge is 2.28. The van der Waals surface area contributed by atoms with Gasteiger partial charge in [0.2, 0.25) is 21.8 Å². The summed E-state index contributed by atoms with van der Waals surface area (Å²) in [6, 6.07) is 16.3. The lowest BCUT2D eigenvalue weighted by Crippen LogP contribution is -2.49. The molecule has 0 aliphatic heterocycles. The van der Waals surface area contributed by atoms with Crippen LogP contribution in [0.15, 0.2) is 54.6 Å². The van der Waals surface area contributed by atoms with E-state index >= 15 is 0 Å². The number of amides is 2. The van der Waals surface area contributed by atoms with Crippen LogP contribution >= 0.6 is 0 Å². The third-order valence-corrected chi connectivity index (χ3v) is 6.65. The van der Waals surface area contributed by atoms with E-state index in [9.17, 15) is 18.0 Å². The van der Waals surface area contributed by atoms with Crippen LogP contribution in [0.4, 0.5) is 5.69 Å². The van der Waals surface area contributed by atoms with Crippen molar-refractivity contribution in [2.45, 2.75) is 52.6 Å². The minimum Gasteiger partial charge on any atom is -0.355 e. The van der Waals surface area contributed by atoms with Crippen LogP contribution in [-0.4, -0.2) is 50.5 Å². The van der Waals surface area contributed by atoms with E-state index in [1.807, 2.05) is 63.2 Å². The number of nitrogens with zero attached hydrogens (tertiary/aromatic N) is 2. The van der Waals surface area contributed by atoms with E-state index in [0.29, 0.717) is 31.6 Å². The SMILES string of the molecule is CCNC(=O)C(CC)N(Cc1ccccc1)C(=O)CCCN(c1ccccc1C)S(C)(=O)=O. The van der Waals surface area contributed by atoms with Gasteiger partial charge in [0, 0.05) is 26.1 Å². The number of benzene rings is 2. The van der Waals surface area contributed by atoms with Crippen molar-refractivity contribution in [3.8, 4) is 0 Å². The van der Waals surface area contributed by atoms with Crippen molar-refractivity contribution in [2.75, 3.05) is 23.7 Å². The number of sulfonamides is 1. The fourth-order valence-electron chi connectivity index (χ4n) is 3.82. The van der Waals surface area contributed by atoms with Crippen LogP contribution < -0.4 is 9.62 Å². The second-order valence-electron chi connectivity index (χ2n) is 8.05. The zero-order valence-electron chi connectivity index (χ0n) is 20.0. The standard InChI is InChI=1S/C25H35N3O4S/c1-5-22(25(30)26-6-2)27(19-21-14-8-7-9-15-21)24(29)17-12-18-28(33(4,31)32)23-16-11-10-13-20(23)3/h7-11,13-16,22H,5-6,12,17-19H2,1-4H3,(H,26,30). The normalized spacial score (nSPS) is 12.1. The third-order valence-electron chi connectivity index (χ3n) is 5.47. The van der Waals surface area contributed by atoms with Crippen LogP contribution in [0.1, 0.15) is 44.2 Å². The van der Waals surface area contributed by atoms with Crippen molar-refractivity contribution >= 4 is 27.5 Å². The zero-order chi connectivity index (χ0) is 24.4. The number of anilines is 1. The molecule has 2 aromatic rings. The highest BCUT2D eigenvalue weighted by molar-refractivity contribution is 7.92. The predicted molar refractivity (Wildman–Crippen MR) is 132 cm³/mol. The molecule has 0 bridgehead atoms. The number of rotatable bonds is 12. The van der Waals surface area contributed by atoms with Crippen LogP contribution in [0.25, 0.3) is 0 Å². The Hall–Kier alpha value is -2.87. The molecule has 0 saturated heterocycles. The average Bonchev–Trinajstić information content (AvgIpc) is 2.77. The molecule has 2 aromatic carbocycles.